The van der Waals surface area contributed by atoms with E-state index in [0.717, 1.165) is 43.9 Å². The number of amides is 2. The first kappa shape index (κ1) is 18.0. The van der Waals surface area contributed by atoms with Crippen LogP contribution < -0.4 is 15.5 Å². The summed E-state index contributed by atoms with van der Waals surface area (Å²) in [4.78, 5) is 32.9. The summed E-state index contributed by atoms with van der Waals surface area (Å²) in [6, 6.07) is 1.92. The molecule has 0 atom stereocenters. The van der Waals surface area contributed by atoms with E-state index < -0.39 is 5.97 Å². The van der Waals surface area contributed by atoms with Gasteiger partial charge in [0.1, 0.15) is 12.1 Å². The van der Waals surface area contributed by atoms with Crippen LogP contribution in [-0.4, -0.2) is 52.8 Å². The number of piperidine rings is 1. The van der Waals surface area contributed by atoms with Gasteiger partial charge in [-0.15, -0.1) is 0 Å². The van der Waals surface area contributed by atoms with E-state index in [1.165, 1.54) is 0 Å². The van der Waals surface area contributed by atoms with E-state index in [1.54, 1.807) is 6.33 Å². The third-order valence-electron chi connectivity index (χ3n) is 4.08. The lowest BCUT2D eigenvalue weighted by molar-refractivity contribution is -0.137. The summed E-state index contributed by atoms with van der Waals surface area (Å²) in [5.74, 6) is 0.0963. The predicted octanol–water partition coefficient (Wildman–Crippen LogP) is 1.17. The molecule has 8 heteroatoms. The quantitative estimate of drug-likeness (QED) is 0.646. The fraction of sp³-hybridized carbons (Fsp3) is 0.625. The van der Waals surface area contributed by atoms with Gasteiger partial charge >= 0.3 is 12.0 Å². The molecule has 0 saturated carbocycles. The lowest BCUT2D eigenvalue weighted by Gasteiger charge is -2.33. The molecule has 0 bridgehead atoms. The highest BCUT2D eigenvalue weighted by atomic mass is 16.4. The largest absolute Gasteiger partial charge is 0.481 e. The van der Waals surface area contributed by atoms with Gasteiger partial charge in [-0.2, -0.15) is 0 Å². The molecule has 1 saturated heterocycles. The Hall–Kier alpha value is -2.38. The van der Waals surface area contributed by atoms with Gasteiger partial charge in [-0.3, -0.25) is 4.79 Å². The molecule has 2 heterocycles. The molecule has 24 heavy (non-hydrogen) atoms. The third-order valence-corrected chi connectivity index (χ3v) is 4.08. The standard InChI is InChI=1S/C16H25N5O3/c1-2-12-10-14(19-11-18-12)21-8-5-13(6-9-21)20-16(24)17-7-3-4-15(22)23/h10-11,13H,2-9H2,1H3,(H,22,23)(H2,17,20,24). The number of hydrogen-bond acceptors (Lipinski definition) is 5. The number of carboxylic acid groups (broad SMARTS) is 1. The topological polar surface area (TPSA) is 107 Å². The van der Waals surface area contributed by atoms with Crippen LogP contribution in [0, 0.1) is 0 Å². The summed E-state index contributed by atoms with van der Waals surface area (Å²) in [5, 5.41) is 14.2. The van der Waals surface area contributed by atoms with Crippen LogP contribution in [-0.2, 0) is 11.2 Å². The monoisotopic (exact) mass is 335 g/mol. The van der Waals surface area contributed by atoms with Crippen molar-refractivity contribution in [1.82, 2.24) is 20.6 Å². The lowest BCUT2D eigenvalue weighted by Crippen LogP contribution is -2.48. The van der Waals surface area contributed by atoms with E-state index >= 15 is 0 Å². The van der Waals surface area contributed by atoms with Crippen molar-refractivity contribution in [3.63, 3.8) is 0 Å². The van der Waals surface area contributed by atoms with Crippen molar-refractivity contribution in [1.29, 1.82) is 0 Å². The molecule has 2 rings (SSSR count). The van der Waals surface area contributed by atoms with Crippen LogP contribution in [0.25, 0.3) is 0 Å². The van der Waals surface area contributed by atoms with Crippen LogP contribution in [0.2, 0.25) is 0 Å². The Balaban J connectivity index is 1.70. The van der Waals surface area contributed by atoms with Gasteiger partial charge in [0.25, 0.3) is 0 Å². The molecular weight excluding hydrogens is 310 g/mol. The number of carbonyl (C=O) groups is 2. The normalized spacial score (nSPS) is 15.1. The van der Waals surface area contributed by atoms with E-state index in [-0.39, 0.29) is 18.5 Å². The minimum absolute atomic E-state index is 0.0668. The van der Waals surface area contributed by atoms with Gasteiger partial charge in [0, 0.05) is 43.9 Å². The molecule has 0 aliphatic carbocycles. The second-order valence-electron chi connectivity index (χ2n) is 5.88. The Morgan fingerprint density at radius 2 is 2.08 bits per heavy atom. The van der Waals surface area contributed by atoms with Crippen LogP contribution in [0.4, 0.5) is 10.6 Å². The van der Waals surface area contributed by atoms with Gasteiger partial charge in [0.05, 0.1) is 0 Å². The fourth-order valence-electron chi connectivity index (χ4n) is 2.68. The van der Waals surface area contributed by atoms with Crippen LogP contribution in [0.5, 0.6) is 0 Å². The number of carboxylic acids is 1. The first-order valence-corrected chi connectivity index (χ1v) is 8.40. The van der Waals surface area contributed by atoms with E-state index in [0.29, 0.717) is 13.0 Å². The number of carbonyl (C=O) groups excluding carboxylic acids is 1. The van der Waals surface area contributed by atoms with Gasteiger partial charge in [-0.05, 0) is 25.7 Å². The van der Waals surface area contributed by atoms with Crippen molar-refractivity contribution in [3.05, 3.63) is 18.1 Å². The predicted molar refractivity (Wildman–Crippen MR) is 90.0 cm³/mol. The maximum atomic E-state index is 11.8. The maximum absolute atomic E-state index is 11.8. The van der Waals surface area contributed by atoms with Crippen molar-refractivity contribution < 1.29 is 14.7 Å². The Kier molecular flexibility index (Phi) is 6.77. The number of nitrogens with one attached hydrogen (secondary N) is 2. The van der Waals surface area contributed by atoms with Crippen molar-refractivity contribution in [2.75, 3.05) is 24.5 Å². The summed E-state index contributed by atoms with van der Waals surface area (Å²) in [6.45, 7) is 4.11. The SMILES string of the molecule is CCc1cc(N2CCC(NC(=O)NCCCC(=O)O)CC2)ncn1. The number of urea groups is 1. The number of aromatic nitrogens is 2. The number of aliphatic carboxylic acids is 1. The molecular formula is C16H25N5O3. The molecule has 132 valence electrons. The first-order valence-electron chi connectivity index (χ1n) is 8.40. The summed E-state index contributed by atoms with van der Waals surface area (Å²) >= 11 is 0. The van der Waals surface area contributed by atoms with Crippen LogP contribution in [0.1, 0.15) is 38.3 Å². The molecule has 3 N–H and O–H groups in total. The summed E-state index contributed by atoms with van der Waals surface area (Å²) in [5.41, 5.74) is 1.03. The average molecular weight is 335 g/mol. The third kappa shape index (κ3) is 5.68. The molecule has 2 amide bonds. The zero-order valence-corrected chi connectivity index (χ0v) is 14.0. The summed E-state index contributed by atoms with van der Waals surface area (Å²) in [7, 11) is 0. The van der Waals surface area contributed by atoms with Crippen LogP contribution in [0.15, 0.2) is 12.4 Å². The highest BCUT2D eigenvalue weighted by molar-refractivity contribution is 5.74. The molecule has 0 spiro atoms. The highest BCUT2D eigenvalue weighted by Gasteiger charge is 2.21. The number of anilines is 1. The van der Waals surface area contributed by atoms with E-state index in [9.17, 15) is 9.59 Å². The van der Waals surface area contributed by atoms with E-state index in [1.807, 2.05) is 6.07 Å². The average Bonchev–Trinajstić information content (AvgIpc) is 2.59. The molecule has 1 aliphatic rings. The second-order valence-corrected chi connectivity index (χ2v) is 5.88. The zero-order chi connectivity index (χ0) is 17.4. The van der Waals surface area contributed by atoms with Gasteiger partial charge in [-0.1, -0.05) is 6.92 Å². The Morgan fingerprint density at radius 3 is 2.75 bits per heavy atom. The molecule has 8 nitrogen and oxygen atoms in total. The number of nitrogens with zero attached hydrogens (tertiary/aromatic N) is 3. The van der Waals surface area contributed by atoms with Crippen molar-refractivity contribution in [3.8, 4) is 0 Å². The molecule has 0 aromatic carbocycles. The molecule has 1 aromatic rings. The van der Waals surface area contributed by atoms with Crippen molar-refractivity contribution in [2.24, 2.45) is 0 Å². The summed E-state index contributed by atoms with van der Waals surface area (Å²) < 4.78 is 0. The molecule has 0 unspecified atom stereocenters. The number of rotatable bonds is 7. The maximum Gasteiger partial charge on any atom is 0.315 e. The zero-order valence-electron chi connectivity index (χ0n) is 14.0. The minimum Gasteiger partial charge on any atom is -0.481 e. The fourth-order valence-corrected chi connectivity index (χ4v) is 2.68. The van der Waals surface area contributed by atoms with E-state index in [4.69, 9.17) is 5.11 Å². The van der Waals surface area contributed by atoms with Crippen molar-refractivity contribution >= 4 is 17.8 Å². The van der Waals surface area contributed by atoms with Crippen LogP contribution in [0.3, 0.4) is 0 Å². The molecule has 1 fully saturated rings. The van der Waals surface area contributed by atoms with Gasteiger partial charge in [0.15, 0.2) is 0 Å². The molecule has 1 aromatic heterocycles. The minimum atomic E-state index is -0.847. The molecule has 0 radical (unpaired) electrons. The van der Waals surface area contributed by atoms with Crippen LogP contribution >= 0.6 is 0 Å². The second kappa shape index (κ2) is 9.05. The highest BCUT2D eigenvalue weighted by Crippen LogP contribution is 2.18. The van der Waals surface area contributed by atoms with Gasteiger partial charge < -0.3 is 20.6 Å². The lowest BCUT2D eigenvalue weighted by atomic mass is 10.1. The Bertz CT molecular complexity index is 558. The smallest absolute Gasteiger partial charge is 0.315 e. The molecule has 1 aliphatic heterocycles. The Labute approximate surface area is 141 Å². The van der Waals surface area contributed by atoms with Crippen molar-refractivity contribution in [2.45, 2.75) is 45.1 Å². The Morgan fingerprint density at radius 1 is 1.33 bits per heavy atom. The summed E-state index contributed by atoms with van der Waals surface area (Å²) in [6.07, 6.45) is 4.70. The van der Waals surface area contributed by atoms with Gasteiger partial charge in [0.2, 0.25) is 0 Å². The van der Waals surface area contributed by atoms with E-state index in [2.05, 4.69) is 32.4 Å². The number of aryl methyl sites for hydroxylation is 1. The number of hydrogen-bond donors (Lipinski definition) is 3. The first-order chi connectivity index (χ1) is 11.6. The van der Waals surface area contributed by atoms with Gasteiger partial charge in [-0.25, -0.2) is 14.8 Å².